The van der Waals surface area contributed by atoms with E-state index in [-0.39, 0.29) is 24.5 Å². The van der Waals surface area contributed by atoms with Crippen molar-refractivity contribution in [2.75, 3.05) is 32.2 Å². The van der Waals surface area contributed by atoms with Gasteiger partial charge in [0.25, 0.3) is 5.91 Å². The Kier molecular flexibility index (Phi) is 10.1. The van der Waals surface area contributed by atoms with Crippen LogP contribution in [-0.2, 0) is 21.0 Å². The summed E-state index contributed by atoms with van der Waals surface area (Å²) < 4.78 is 44.4. The molecule has 0 saturated heterocycles. The molecule has 0 fully saturated rings. The summed E-state index contributed by atoms with van der Waals surface area (Å²) in [5.74, 6) is -4.93. The zero-order chi connectivity index (χ0) is 23.7. The quantitative estimate of drug-likeness (QED) is 0.160. The second kappa shape index (κ2) is 12.5. The van der Waals surface area contributed by atoms with Gasteiger partial charge < -0.3 is 15.7 Å². The molecular formula is C19H20F3IN4O5. The highest BCUT2D eigenvalue weighted by molar-refractivity contribution is 14.1. The summed E-state index contributed by atoms with van der Waals surface area (Å²) in [6.45, 7) is -1.41. The van der Waals surface area contributed by atoms with Crippen LogP contribution in [0.2, 0.25) is 0 Å². The van der Waals surface area contributed by atoms with Crippen LogP contribution in [0.25, 0.3) is 0 Å². The first-order valence-corrected chi connectivity index (χ1v) is 10.2. The molecule has 2 aromatic carbocycles. The van der Waals surface area contributed by atoms with Crippen molar-refractivity contribution in [1.29, 1.82) is 0 Å². The highest BCUT2D eigenvalue weighted by Gasteiger charge is 2.24. The molecule has 2 aromatic rings. The summed E-state index contributed by atoms with van der Waals surface area (Å²) in [6.07, 6.45) is 0. The Labute approximate surface area is 194 Å². The first-order chi connectivity index (χ1) is 15.3. The summed E-state index contributed by atoms with van der Waals surface area (Å²) >= 11 is 1.88. The number of nitrogens with one attached hydrogen (secondary N) is 4. The molecule has 0 aliphatic rings. The minimum absolute atomic E-state index is 0.186. The van der Waals surface area contributed by atoms with Crippen molar-refractivity contribution in [1.82, 2.24) is 16.3 Å². The molecule has 32 heavy (non-hydrogen) atoms. The first kappa shape index (κ1) is 25.8. The van der Waals surface area contributed by atoms with Gasteiger partial charge in [0.05, 0.1) is 30.2 Å². The molecule has 2 amide bonds. The van der Waals surface area contributed by atoms with Gasteiger partial charge in [-0.3, -0.25) is 19.3 Å². The van der Waals surface area contributed by atoms with E-state index in [1.165, 1.54) is 25.2 Å². The van der Waals surface area contributed by atoms with Crippen LogP contribution in [0.4, 0.5) is 24.5 Å². The largest absolute Gasteiger partial charge is 0.394 e. The number of hydrogen-bond acceptors (Lipinski definition) is 7. The summed E-state index contributed by atoms with van der Waals surface area (Å²) in [5, 5.41) is 13.5. The van der Waals surface area contributed by atoms with Crippen LogP contribution in [0.5, 0.6) is 0 Å². The Morgan fingerprint density at radius 2 is 1.88 bits per heavy atom. The van der Waals surface area contributed by atoms with Crippen molar-refractivity contribution >= 4 is 45.8 Å². The SMILES string of the molecule is CNC(=O)CONCc1cc(C(=O)NOCCO)c(Nc2ccc(I)cc2F)c(F)c1F. The Morgan fingerprint density at radius 3 is 2.53 bits per heavy atom. The summed E-state index contributed by atoms with van der Waals surface area (Å²) in [6, 6.07) is 5.02. The number of aliphatic hydroxyl groups is 1. The van der Waals surface area contributed by atoms with Crippen LogP contribution in [0.3, 0.4) is 0 Å². The molecule has 0 atom stereocenters. The van der Waals surface area contributed by atoms with Gasteiger partial charge in [-0.15, -0.1) is 0 Å². The number of halogens is 4. The van der Waals surface area contributed by atoms with E-state index in [1.807, 2.05) is 28.1 Å². The molecule has 0 bridgehead atoms. The Balaban J connectivity index is 2.36. The number of likely N-dealkylation sites (N-methyl/N-ethyl adjacent to an activating group) is 1. The minimum Gasteiger partial charge on any atom is -0.394 e. The van der Waals surface area contributed by atoms with E-state index >= 15 is 0 Å². The lowest BCUT2D eigenvalue weighted by Crippen LogP contribution is -2.28. The average Bonchev–Trinajstić information content (AvgIpc) is 2.77. The van der Waals surface area contributed by atoms with Crippen molar-refractivity contribution in [3.63, 3.8) is 0 Å². The van der Waals surface area contributed by atoms with Gasteiger partial charge >= 0.3 is 0 Å². The lowest BCUT2D eigenvalue weighted by Gasteiger charge is -2.17. The molecule has 0 unspecified atom stereocenters. The molecule has 5 N–H and O–H groups in total. The first-order valence-electron chi connectivity index (χ1n) is 9.09. The van der Waals surface area contributed by atoms with Crippen LogP contribution in [0.1, 0.15) is 15.9 Å². The van der Waals surface area contributed by atoms with Gasteiger partial charge in [0.1, 0.15) is 12.4 Å². The van der Waals surface area contributed by atoms with E-state index in [0.29, 0.717) is 3.57 Å². The predicted octanol–water partition coefficient (Wildman–Crippen LogP) is 1.87. The summed E-state index contributed by atoms with van der Waals surface area (Å²) in [4.78, 5) is 33.2. The second-order valence-electron chi connectivity index (χ2n) is 6.12. The van der Waals surface area contributed by atoms with Crippen LogP contribution in [0, 0.1) is 21.0 Å². The van der Waals surface area contributed by atoms with E-state index in [9.17, 15) is 22.8 Å². The fraction of sp³-hybridized carbons (Fsp3) is 0.263. The second-order valence-corrected chi connectivity index (χ2v) is 7.37. The van der Waals surface area contributed by atoms with Gasteiger partial charge in [0.2, 0.25) is 5.91 Å². The number of benzene rings is 2. The van der Waals surface area contributed by atoms with Crippen LogP contribution in [0.15, 0.2) is 24.3 Å². The van der Waals surface area contributed by atoms with Crippen LogP contribution in [-0.4, -0.2) is 43.8 Å². The Hall–Kier alpha value is -2.46. The number of carbonyl (C=O) groups excluding carboxylic acids is 2. The lowest BCUT2D eigenvalue weighted by molar-refractivity contribution is -0.128. The third-order valence-corrected chi connectivity index (χ3v) is 4.59. The van der Waals surface area contributed by atoms with E-state index in [2.05, 4.69) is 16.1 Å². The van der Waals surface area contributed by atoms with Gasteiger partial charge in [-0.25, -0.2) is 18.7 Å². The van der Waals surface area contributed by atoms with E-state index in [1.54, 1.807) is 0 Å². The summed E-state index contributed by atoms with van der Waals surface area (Å²) in [5.41, 5.74) is 2.76. The normalized spacial score (nSPS) is 10.7. The van der Waals surface area contributed by atoms with Gasteiger partial charge in [-0.2, -0.15) is 5.48 Å². The third-order valence-electron chi connectivity index (χ3n) is 3.92. The van der Waals surface area contributed by atoms with Crippen molar-refractivity contribution < 1.29 is 37.5 Å². The van der Waals surface area contributed by atoms with Crippen LogP contribution >= 0.6 is 22.6 Å². The van der Waals surface area contributed by atoms with Crippen molar-refractivity contribution in [2.24, 2.45) is 0 Å². The number of carbonyl (C=O) groups is 2. The van der Waals surface area contributed by atoms with Crippen molar-refractivity contribution in [3.8, 4) is 0 Å². The Bertz CT molecular complexity index is 980. The molecule has 0 saturated carbocycles. The average molecular weight is 568 g/mol. The Morgan fingerprint density at radius 1 is 1.12 bits per heavy atom. The van der Waals surface area contributed by atoms with Crippen molar-refractivity contribution in [2.45, 2.75) is 6.54 Å². The lowest BCUT2D eigenvalue weighted by atomic mass is 10.1. The van der Waals surface area contributed by atoms with E-state index in [0.717, 1.165) is 6.07 Å². The van der Waals surface area contributed by atoms with E-state index < -0.39 is 53.7 Å². The highest BCUT2D eigenvalue weighted by Crippen LogP contribution is 2.30. The molecule has 0 heterocycles. The smallest absolute Gasteiger partial charge is 0.277 e. The molecule has 0 radical (unpaired) electrons. The van der Waals surface area contributed by atoms with E-state index in [4.69, 9.17) is 14.8 Å². The zero-order valence-corrected chi connectivity index (χ0v) is 18.9. The minimum atomic E-state index is -1.44. The molecule has 2 rings (SSSR count). The fourth-order valence-corrected chi connectivity index (χ4v) is 2.82. The molecule has 9 nitrogen and oxygen atoms in total. The maximum absolute atomic E-state index is 14.9. The zero-order valence-electron chi connectivity index (χ0n) is 16.7. The number of hydrogen-bond donors (Lipinski definition) is 5. The van der Waals surface area contributed by atoms with Crippen LogP contribution < -0.4 is 21.6 Å². The van der Waals surface area contributed by atoms with Gasteiger partial charge in [0, 0.05) is 22.7 Å². The molecule has 174 valence electrons. The molecule has 0 aromatic heterocycles. The number of hydroxylamine groups is 2. The number of rotatable bonds is 11. The molecule has 0 aliphatic heterocycles. The number of amides is 2. The highest BCUT2D eigenvalue weighted by atomic mass is 127. The topological polar surface area (TPSA) is 121 Å². The number of aliphatic hydroxyl groups excluding tert-OH is 1. The van der Waals surface area contributed by atoms with Crippen molar-refractivity contribution in [3.05, 3.63) is 56.4 Å². The monoisotopic (exact) mass is 568 g/mol. The molecule has 0 aliphatic carbocycles. The maximum atomic E-state index is 14.9. The van der Waals surface area contributed by atoms with Gasteiger partial charge in [-0.1, -0.05) is 0 Å². The molecular weight excluding hydrogens is 548 g/mol. The van der Waals surface area contributed by atoms with Gasteiger partial charge in [0.15, 0.2) is 11.6 Å². The van der Waals surface area contributed by atoms with Gasteiger partial charge in [-0.05, 0) is 46.9 Å². The standard InChI is InChI=1S/C19H20F3IN4O5/c1-24-15(29)9-32-25-8-10-6-12(19(30)27-31-5-4-28)18(17(22)16(10)21)26-14-3-2-11(23)7-13(14)20/h2-3,6-7,25-26,28H,4-5,8-9H2,1H3,(H,24,29)(H,27,30). The maximum Gasteiger partial charge on any atom is 0.277 e. The predicted molar refractivity (Wildman–Crippen MR) is 116 cm³/mol. The molecule has 0 spiro atoms. The third kappa shape index (κ3) is 7.03. The molecule has 13 heteroatoms. The fourth-order valence-electron chi connectivity index (χ4n) is 2.37. The summed E-state index contributed by atoms with van der Waals surface area (Å²) in [7, 11) is 1.40. The number of anilines is 2.